The number of nitrogens with one attached hydrogen (secondary N) is 1. The lowest BCUT2D eigenvalue weighted by Crippen LogP contribution is -2.34. The Bertz CT molecular complexity index is 641. The molecule has 0 fully saturated rings. The molecule has 0 aliphatic carbocycles. The van der Waals surface area contributed by atoms with Gasteiger partial charge in [-0.25, -0.2) is 4.39 Å². The van der Waals surface area contributed by atoms with Gasteiger partial charge in [-0.05, 0) is 37.3 Å². The summed E-state index contributed by atoms with van der Waals surface area (Å²) in [7, 11) is 0. The molecule has 0 spiro atoms. The molecule has 2 rings (SSSR count). The highest BCUT2D eigenvalue weighted by atomic mass is 19.1. The van der Waals surface area contributed by atoms with Crippen molar-refractivity contribution in [3.05, 3.63) is 54.2 Å². The second-order valence-corrected chi connectivity index (χ2v) is 4.60. The summed E-state index contributed by atoms with van der Waals surface area (Å²) in [6.45, 7) is 2.42. The minimum Gasteiger partial charge on any atom is -0.459 e. The van der Waals surface area contributed by atoms with Crippen LogP contribution in [-0.4, -0.2) is 24.9 Å². The molecule has 0 aliphatic heterocycles. The molecule has 0 unspecified atom stereocenters. The quantitative estimate of drug-likeness (QED) is 0.892. The van der Waals surface area contributed by atoms with Crippen LogP contribution in [0.25, 0.3) is 0 Å². The fourth-order valence-corrected chi connectivity index (χ4v) is 2.06. The van der Waals surface area contributed by atoms with E-state index in [9.17, 15) is 14.0 Å². The summed E-state index contributed by atoms with van der Waals surface area (Å²) >= 11 is 0. The Kier molecular flexibility index (Phi) is 5.30. The van der Waals surface area contributed by atoms with E-state index in [4.69, 9.17) is 4.42 Å². The smallest absolute Gasteiger partial charge is 0.286 e. The van der Waals surface area contributed by atoms with E-state index >= 15 is 0 Å². The zero-order chi connectivity index (χ0) is 15.9. The predicted molar refractivity (Wildman–Crippen MR) is 80.1 cm³/mol. The molecule has 2 amide bonds. The molecule has 116 valence electrons. The second-order valence-electron chi connectivity index (χ2n) is 4.60. The van der Waals surface area contributed by atoms with Crippen molar-refractivity contribution in [1.29, 1.82) is 0 Å². The number of nitrogens with zero attached hydrogens (tertiary/aromatic N) is 1. The summed E-state index contributed by atoms with van der Waals surface area (Å²) in [5, 5.41) is 2.60. The molecular weight excluding hydrogens is 287 g/mol. The van der Waals surface area contributed by atoms with Crippen molar-refractivity contribution in [3.8, 4) is 0 Å². The van der Waals surface area contributed by atoms with Gasteiger partial charge in [0.2, 0.25) is 5.91 Å². The van der Waals surface area contributed by atoms with Crippen molar-refractivity contribution < 1.29 is 18.4 Å². The number of hydrogen-bond donors (Lipinski definition) is 1. The number of benzene rings is 1. The summed E-state index contributed by atoms with van der Waals surface area (Å²) in [5.74, 6) is -0.751. The summed E-state index contributed by atoms with van der Waals surface area (Å²) in [5.41, 5.74) is 0.505. The van der Waals surface area contributed by atoms with Crippen LogP contribution in [0.4, 0.5) is 10.1 Å². The normalized spacial score (nSPS) is 10.3. The first-order valence-electron chi connectivity index (χ1n) is 6.99. The highest BCUT2D eigenvalue weighted by Crippen LogP contribution is 2.16. The maximum Gasteiger partial charge on any atom is 0.286 e. The average Bonchev–Trinajstić information content (AvgIpc) is 3.02. The van der Waals surface area contributed by atoms with Crippen LogP contribution in [0.2, 0.25) is 0 Å². The first-order valence-corrected chi connectivity index (χ1v) is 6.99. The topological polar surface area (TPSA) is 62.6 Å². The lowest BCUT2D eigenvalue weighted by Gasteiger charge is -2.21. The monoisotopic (exact) mass is 304 g/mol. The molecule has 0 radical (unpaired) electrons. The number of amides is 2. The van der Waals surface area contributed by atoms with Crippen molar-refractivity contribution in [2.75, 3.05) is 18.0 Å². The van der Waals surface area contributed by atoms with Gasteiger partial charge in [-0.1, -0.05) is 6.07 Å². The third-order valence-electron chi connectivity index (χ3n) is 3.11. The van der Waals surface area contributed by atoms with Gasteiger partial charge in [0.25, 0.3) is 5.91 Å². The number of rotatable bonds is 6. The summed E-state index contributed by atoms with van der Waals surface area (Å²) in [6.07, 6.45) is 1.53. The van der Waals surface area contributed by atoms with Crippen LogP contribution in [0, 0.1) is 5.82 Å². The van der Waals surface area contributed by atoms with Crippen LogP contribution in [0.1, 0.15) is 23.9 Å². The van der Waals surface area contributed by atoms with Crippen LogP contribution in [0.15, 0.2) is 47.1 Å². The van der Waals surface area contributed by atoms with Crippen molar-refractivity contribution in [3.63, 3.8) is 0 Å². The van der Waals surface area contributed by atoms with Crippen LogP contribution >= 0.6 is 0 Å². The maximum absolute atomic E-state index is 13.2. The SMILES string of the molecule is CCN(C(=O)CCNC(=O)c1ccco1)c1cccc(F)c1. The van der Waals surface area contributed by atoms with E-state index in [1.807, 2.05) is 6.92 Å². The minimum absolute atomic E-state index is 0.122. The molecule has 1 N–H and O–H groups in total. The van der Waals surface area contributed by atoms with Gasteiger partial charge in [0.05, 0.1) is 6.26 Å². The Morgan fingerprint density at radius 2 is 2.09 bits per heavy atom. The predicted octanol–water partition coefficient (Wildman–Crippen LogP) is 2.59. The second kappa shape index (κ2) is 7.40. The number of anilines is 1. The molecule has 1 aromatic heterocycles. The highest BCUT2D eigenvalue weighted by molar-refractivity contribution is 5.94. The van der Waals surface area contributed by atoms with E-state index < -0.39 is 5.82 Å². The molecule has 0 saturated heterocycles. The first-order chi connectivity index (χ1) is 10.6. The lowest BCUT2D eigenvalue weighted by molar-refractivity contribution is -0.118. The molecule has 22 heavy (non-hydrogen) atoms. The van der Waals surface area contributed by atoms with Gasteiger partial charge in [0, 0.05) is 25.2 Å². The first kappa shape index (κ1) is 15.8. The Balaban J connectivity index is 1.89. The molecule has 1 aromatic carbocycles. The number of carbonyl (C=O) groups excluding carboxylic acids is 2. The molecule has 0 aliphatic rings. The number of halogens is 1. The molecule has 0 atom stereocenters. The Hall–Kier alpha value is -2.63. The van der Waals surface area contributed by atoms with Gasteiger partial charge < -0.3 is 14.6 Å². The van der Waals surface area contributed by atoms with Crippen molar-refractivity contribution in [2.45, 2.75) is 13.3 Å². The van der Waals surface area contributed by atoms with Gasteiger partial charge in [0.1, 0.15) is 5.82 Å². The van der Waals surface area contributed by atoms with Crippen LogP contribution < -0.4 is 10.2 Å². The molecule has 1 heterocycles. The van der Waals surface area contributed by atoms with E-state index in [0.29, 0.717) is 12.2 Å². The van der Waals surface area contributed by atoms with E-state index in [1.165, 1.54) is 23.3 Å². The summed E-state index contributed by atoms with van der Waals surface area (Å²) in [4.78, 5) is 25.3. The maximum atomic E-state index is 13.2. The zero-order valence-electron chi connectivity index (χ0n) is 12.2. The summed E-state index contributed by atoms with van der Waals surface area (Å²) < 4.78 is 18.2. The largest absolute Gasteiger partial charge is 0.459 e. The molecule has 0 saturated carbocycles. The number of carbonyl (C=O) groups is 2. The van der Waals surface area contributed by atoms with Gasteiger partial charge in [-0.3, -0.25) is 9.59 Å². The standard InChI is InChI=1S/C16H17FN2O3/c1-2-19(13-6-3-5-12(17)11-13)15(20)8-9-18-16(21)14-7-4-10-22-14/h3-7,10-11H,2,8-9H2,1H3,(H,18,21). The fraction of sp³-hybridized carbons (Fsp3) is 0.250. The third-order valence-corrected chi connectivity index (χ3v) is 3.11. The van der Waals surface area contributed by atoms with Gasteiger partial charge in [-0.15, -0.1) is 0 Å². The Morgan fingerprint density at radius 1 is 1.27 bits per heavy atom. The van der Waals surface area contributed by atoms with E-state index in [-0.39, 0.29) is 30.5 Å². The average molecular weight is 304 g/mol. The van der Waals surface area contributed by atoms with Crippen molar-refractivity contribution in [2.24, 2.45) is 0 Å². The van der Waals surface area contributed by atoms with Crippen LogP contribution in [0.3, 0.4) is 0 Å². The van der Waals surface area contributed by atoms with Gasteiger partial charge in [0.15, 0.2) is 5.76 Å². The number of furan rings is 1. The lowest BCUT2D eigenvalue weighted by atomic mass is 10.2. The molecule has 6 heteroatoms. The van der Waals surface area contributed by atoms with Crippen molar-refractivity contribution in [1.82, 2.24) is 5.32 Å². The van der Waals surface area contributed by atoms with Gasteiger partial charge in [-0.2, -0.15) is 0 Å². The van der Waals surface area contributed by atoms with Crippen LogP contribution in [0.5, 0.6) is 0 Å². The third kappa shape index (κ3) is 3.94. The van der Waals surface area contributed by atoms with E-state index in [2.05, 4.69) is 5.32 Å². The molecule has 0 bridgehead atoms. The number of hydrogen-bond acceptors (Lipinski definition) is 3. The van der Waals surface area contributed by atoms with E-state index in [1.54, 1.807) is 24.3 Å². The van der Waals surface area contributed by atoms with E-state index in [0.717, 1.165) is 0 Å². The summed E-state index contributed by atoms with van der Waals surface area (Å²) in [6, 6.07) is 9.02. The minimum atomic E-state index is -0.394. The zero-order valence-corrected chi connectivity index (χ0v) is 12.2. The van der Waals surface area contributed by atoms with Gasteiger partial charge >= 0.3 is 0 Å². The van der Waals surface area contributed by atoms with Crippen molar-refractivity contribution >= 4 is 17.5 Å². The highest BCUT2D eigenvalue weighted by Gasteiger charge is 2.15. The van der Waals surface area contributed by atoms with Crippen LogP contribution in [-0.2, 0) is 4.79 Å². The molecular formula is C16H17FN2O3. The molecule has 2 aromatic rings. The Labute approximate surface area is 127 Å². The fourth-order valence-electron chi connectivity index (χ4n) is 2.06. The molecule has 5 nitrogen and oxygen atoms in total. The Morgan fingerprint density at radius 3 is 2.73 bits per heavy atom.